The van der Waals surface area contributed by atoms with Crippen molar-refractivity contribution >= 4 is 23.2 Å². The van der Waals surface area contributed by atoms with Crippen molar-refractivity contribution in [2.75, 3.05) is 31.1 Å². The Kier molecular flexibility index (Phi) is 5.92. The molecule has 1 aromatic heterocycles. The molecule has 2 heterocycles. The van der Waals surface area contributed by atoms with E-state index in [9.17, 15) is 9.18 Å². The molecule has 0 aliphatic carbocycles. The number of halogens is 2. The van der Waals surface area contributed by atoms with E-state index >= 15 is 0 Å². The summed E-state index contributed by atoms with van der Waals surface area (Å²) in [6.07, 6.45) is 0.770. The second-order valence-corrected chi connectivity index (χ2v) is 7.76. The third-order valence-electron chi connectivity index (χ3n) is 5.42. The van der Waals surface area contributed by atoms with Gasteiger partial charge in [0, 0.05) is 31.9 Å². The van der Waals surface area contributed by atoms with Gasteiger partial charge in [-0.05, 0) is 49.7 Å². The molecule has 6 nitrogen and oxygen atoms in total. The van der Waals surface area contributed by atoms with Gasteiger partial charge in [-0.15, -0.1) is 0 Å². The molecule has 2 aromatic carbocycles. The van der Waals surface area contributed by atoms with E-state index in [1.54, 1.807) is 30.0 Å². The van der Waals surface area contributed by atoms with Crippen LogP contribution in [0.25, 0.3) is 11.3 Å². The van der Waals surface area contributed by atoms with Gasteiger partial charge in [0.25, 0.3) is 5.91 Å². The van der Waals surface area contributed by atoms with Gasteiger partial charge in [0.05, 0.1) is 22.2 Å². The van der Waals surface area contributed by atoms with E-state index < -0.39 is 5.82 Å². The number of nitrogens with zero attached hydrogens (tertiary/aromatic N) is 4. The van der Waals surface area contributed by atoms with Crippen LogP contribution in [-0.4, -0.2) is 42.1 Å². The molecular weight excluding hydrogens is 419 g/mol. The number of aryl methyl sites for hydroxylation is 1. The van der Waals surface area contributed by atoms with Crippen LogP contribution in [0.2, 0.25) is 5.02 Å². The van der Waals surface area contributed by atoms with Crippen molar-refractivity contribution in [2.45, 2.75) is 13.3 Å². The summed E-state index contributed by atoms with van der Waals surface area (Å²) < 4.78 is 19.7. The van der Waals surface area contributed by atoms with Crippen LogP contribution in [0.3, 0.4) is 0 Å². The molecule has 0 atom stereocenters. The van der Waals surface area contributed by atoms with Gasteiger partial charge in [-0.25, -0.2) is 4.39 Å². The normalized spacial score (nSPS) is 14.3. The minimum absolute atomic E-state index is 0.0680. The molecule has 0 N–H and O–H groups in total. The van der Waals surface area contributed by atoms with E-state index in [-0.39, 0.29) is 27.8 Å². The average molecular weight is 439 g/mol. The fourth-order valence-electron chi connectivity index (χ4n) is 3.80. The fourth-order valence-corrected chi connectivity index (χ4v) is 4.05. The minimum atomic E-state index is -0.558. The maximum absolute atomic E-state index is 14.5. The summed E-state index contributed by atoms with van der Waals surface area (Å²) in [7, 11) is 0. The molecule has 158 valence electrons. The molecule has 4 rings (SSSR count). The standard InChI is InChI=1S/C23H20ClFN4O2/c1-15-20(22(27-31-15)21-18(24)4-2-5-19(21)25)23(30)29-11-3-10-28(12-13-29)17-8-6-16(14-26)7-9-17/h2,4-9H,3,10-13H2,1H3. The number of aromatic nitrogens is 1. The van der Waals surface area contributed by atoms with E-state index in [0.29, 0.717) is 31.0 Å². The number of anilines is 1. The van der Waals surface area contributed by atoms with Crippen LogP contribution in [0.15, 0.2) is 47.0 Å². The summed E-state index contributed by atoms with van der Waals surface area (Å²) in [5.41, 5.74) is 2.04. The Labute approximate surface area is 184 Å². The van der Waals surface area contributed by atoms with E-state index in [0.717, 1.165) is 18.7 Å². The highest BCUT2D eigenvalue weighted by Crippen LogP contribution is 2.34. The summed E-state index contributed by atoms with van der Waals surface area (Å²) in [4.78, 5) is 17.3. The summed E-state index contributed by atoms with van der Waals surface area (Å²) in [5, 5.41) is 13.1. The lowest BCUT2D eigenvalue weighted by molar-refractivity contribution is 0.0766. The lowest BCUT2D eigenvalue weighted by Crippen LogP contribution is -2.35. The maximum Gasteiger partial charge on any atom is 0.259 e. The van der Waals surface area contributed by atoms with Gasteiger partial charge < -0.3 is 14.3 Å². The molecular formula is C23H20ClFN4O2. The highest BCUT2D eigenvalue weighted by molar-refractivity contribution is 6.33. The van der Waals surface area contributed by atoms with Crippen molar-refractivity contribution in [2.24, 2.45) is 0 Å². The van der Waals surface area contributed by atoms with Crippen LogP contribution in [-0.2, 0) is 0 Å². The van der Waals surface area contributed by atoms with Crippen LogP contribution in [0, 0.1) is 24.1 Å². The summed E-state index contributed by atoms with van der Waals surface area (Å²) in [6, 6.07) is 13.9. The third-order valence-corrected chi connectivity index (χ3v) is 5.74. The zero-order valence-corrected chi connectivity index (χ0v) is 17.7. The zero-order chi connectivity index (χ0) is 22.0. The second-order valence-electron chi connectivity index (χ2n) is 7.35. The molecule has 0 bridgehead atoms. The minimum Gasteiger partial charge on any atom is -0.370 e. The Morgan fingerprint density at radius 3 is 2.65 bits per heavy atom. The Bertz CT molecular complexity index is 1130. The monoisotopic (exact) mass is 438 g/mol. The number of carbonyl (C=O) groups excluding carboxylic acids is 1. The Morgan fingerprint density at radius 2 is 1.94 bits per heavy atom. The molecule has 3 aromatic rings. The first-order valence-corrected chi connectivity index (χ1v) is 10.3. The first-order chi connectivity index (χ1) is 15.0. The highest BCUT2D eigenvalue weighted by atomic mass is 35.5. The average Bonchev–Trinajstić information content (AvgIpc) is 2.98. The molecule has 0 saturated carbocycles. The lowest BCUT2D eigenvalue weighted by Gasteiger charge is -2.24. The van der Waals surface area contributed by atoms with Crippen LogP contribution in [0.1, 0.15) is 28.1 Å². The Hall–Kier alpha value is -3.37. The molecule has 0 spiro atoms. The third kappa shape index (κ3) is 4.12. The zero-order valence-electron chi connectivity index (χ0n) is 16.9. The fraction of sp³-hybridized carbons (Fsp3) is 0.261. The smallest absolute Gasteiger partial charge is 0.259 e. The number of benzene rings is 2. The van der Waals surface area contributed by atoms with Crippen molar-refractivity contribution in [3.8, 4) is 17.3 Å². The van der Waals surface area contributed by atoms with Gasteiger partial charge in [0.2, 0.25) is 0 Å². The van der Waals surface area contributed by atoms with Gasteiger partial charge in [0.1, 0.15) is 22.8 Å². The predicted octanol–water partition coefficient (Wildman–Crippen LogP) is 4.67. The maximum atomic E-state index is 14.5. The largest absolute Gasteiger partial charge is 0.370 e. The molecule has 0 radical (unpaired) electrons. The Morgan fingerprint density at radius 1 is 1.16 bits per heavy atom. The highest BCUT2D eigenvalue weighted by Gasteiger charge is 2.29. The Balaban J connectivity index is 1.57. The van der Waals surface area contributed by atoms with Crippen molar-refractivity contribution in [3.63, 3.8) is 0 Å². The molecule has 1 aliphatic rings. The van der Waals surface area contributed by atoms with Crippen molar-refractivity contribution in [1.29, 1.82) is 5.26 Å². The van der Waals surface area contributed by atoms with E-state index in [1.807, 2.05) is 12.1 Å². The molecule has 1 saturated heterocycles. The van der Waals surface area contributed by atoms with E-state index in [4.69, 9.17) is 21.4 Å². The SMILES string of the molecule is Cc1onc(-c2c(F)cccc2Cl)c1C(=O)N1CCCN(c2ccc(C#N)cc2)CC1. The number of rotatable bonds is 3. The lowest BCUT2D eigenvalue weighted by atomic mass is 10.0. The number of hydrogen-bond acceptors (Lipinski definition) is 5. The molecule has 0 unspecified atom stereocenters. The van der Waals surface area contributed by atoms with Crippen molar-refractivity contribution < 1.29 is 13.7 Å². The topological polar surface area (TPSA) is 73.4 Å². The number of nitriles is 1. The van der Waals surface area contributed by atoms with Gasteiger partial charge in [-0.2, -0.15) is 5.26 Å². The van der Waals surface area contributed by atoms with Gasteiger partial charge >= 0.3 is 0 Å². The first-order valence-electron chi connectivity index (χ1n) is 9.94. The van der Waals surface area contributed by atoms with Crippen LogP contribution in [0.4, 0.5) is 10.1 Å². The van der Waals surface area contributed by atoms with Crippen molar-refractivity contribution in [3.05, 3.63) is 70.2 Å². The molecule has 1 fully saturated rings. The molecule has 31 heavy (non-hydrogen) atoms. The van der Waals surface area contributed by atoms with Crippen LogP contribution < -0.4 is 4.90 Å². The number of amides is 1. The molecule has 1 aliphatic heterocycles. The van der Waals surface area contributed by atoms with E-state index in [1.165, 1.54) is 12.1 Å². The van der Waals surface area contributed by atoms with Gasteiger partial charge in [0.15, 0.2) is 0 Å². The van der Waals surface area contributed by atoms with E-state index in [2.05, 4.69) is 16.1 Å². The quantitative estimate of drug-likeness (QED) is 0.594. The number of carbonyl (C=O) groups is 1. The molecule has 1 amide bonds. The summed E-state index contributed by atoms with van der Waals surface area (Å²) in [5.74, 6) is -0.486. The van der Waals surface area contributed by atoms with Crippen molar-refractivity contribution in [1.82, 2.24) is 10.1 Å². The van der Waals surface area contributed by atoms with Gasteiger partial charge in [-0.3, -0.25) is 4.79 Å². The second kappa shape index (κ2) is 8.78. The van der Waals surface area contributed by atoms with Crippen LogP contribution in [0.5, 0.6) is 0 Å². The predicted molar refractivity (Wildman–Crippen MR) is 116 cm³/mol. The summed E-state index contributed by atoms with van der Waals surface area (Å²) in [6.45, 7) is 4.11. The summed E-state index contributed by atoms with van der Waals surface area (Å²) >= 11 is 6.20. The van der Waals surface area contributed by atoms with Gasteiger partial charge in [-0.1, -0.05) is 22.8 Å². The number of hydrogen-bond donors (Lipinski definition) is 0. The first kappa shape index (κ1) is 20.9. The molecule has 8 heteroatoms. The van der Waals surface area contributed by atoms with Crippen LogP contribution >= 0.6 is 11.6 Å².